The van der Waals surface area contributed by atoms with E-state index in [1.807, 2.05) is 17.8 Å². The molecule has 2 aromatic rings. The third-order valence-corrected chi connectivity index (χ3v) is 3.77. The van der Waals surface area contributed by atoms with Gasteiger partial charge in [-0.05, 0) is 19.9 Å². The number of thiazole rings is 1. The molecule has 0 bridgehead atoms. The Morgan fingerprint density at radius 3 is 2.94 bits per heavy atom. The normalized spacial score (nSPS) is 11.0. The minimum Gasteiger partial charge on any atom is -0.332 e. The van der Waals surface area contributed by atoms with Gasteiger partial charge < -0.3 is 9.88 Å². The van der Waals surface area contributed by atoms with Crippen molar-refractivity contribution in [2.24, 2.45) is 7.05 Å². The molecule has 0 fully saturated rings. The van der Waals surface area contributed by atoms with Gasteiger partial charge in [0.1, 0.15) is 0 Å². The second-order valence-electron chi connectivity index (χ2n) is 4.07. The maximum Gasteiger partial charge on any atom is 0.168 e. The lowest BCUT2D eigenvalue weighted by Crippen LogP contribution is -2.13. The molecule has 0 aliphatic rings. The Bertz CT molecular complexity index is 486. The molecule has 0 spiro atoms. The first-order chi connectivity index (χ1) is 8.22. The van der Waals surface area contributed by atoms with Gasteiger partial charge in [-0.3, -0.25) is 0 Å². The van der Waals surface area contributed by atoms with Gasteiger partial charge in [-0.25, -0.2) is 9.97 Å². The van der Waals surface area contributed by atoms with Crippen LogP contribution < -0.4 is 5.32 Å². The summed E-state index contributed by atoms with van der Waals surface area (Å²) < 4.78 is 2.00. The maximum atomic E-state index is 4.59. The molecule has 2 heterocycles. The van der Waals surface area contributed by atoms with Gasteiger partial charge in [-0.1, -0.05) is 6.92 Å². The number of imidazole rings is 1. The lowest BCUT2D eigenvalue weighted by atomic mass is 10.4. The van der Waals surface area contributed by atoms with Crippen molar-refractivity contribution in [3.8, 4) is 10.8 Å². The van der Waals surface area contributed by atoms with Gasteiger partial charge in [-0.15, -0.1) is 11.3 Å². The number of nitrogens with one attached hydrogen (secondary N) is 1. The predicted molar refractivity (Wildman–Crippen MR) is 71.1 cm³/mol. The predicted octanol–water partition coefficient (Wildman–Crippen LogP) is 2.35. The van der Waals surface area contributed by atoms with Gasteiger partial charge in [-0.2, -0.15) is 0 Å². The molecule has 2 rings (SSSR count). The van der Waals surface area contributed by atoms with Crippen LogP contribution in [0.2, 0.25) is 0 Å². The summed E-state index contributed by atoms with van der Waals surface area (Å²) in [7, 11) is 1.99. The highest BCUT2D eigenvalue weighted by Crippen LogP contribution is 2.26. The Balaban J connectivity index is 2.16. The van der Waals surface area contributed by atoms with Crippen LogP contribution in [0.4, 0.5) is 0 Å². The molecule has 0 amide bonds. The highest BCUT2D eigenvalue weighted by Gasteiger charge is 2.12. The average molecular weight is 250 g/mol. The van der Waals surface area contributed by atoms with E-state index in [4.69, 9.17) is 0 Å². The van der Waals surface area contributed by atoms with Crippen molar-refractivity contribution in [1.82, 2.24) is 19.9 Å². The monoisotopic (exact) mass is 250 g/mol. The first kappa shape index (κ1) is 12.3. The minimum absolute atomic E-state index is 0.905. The second kappa shape index (κ2) is 5.42. The van der Waals surface area contributed by atoms with Crippen LogP contribution in [0.1, 0.15) is 23.9 Å². The number of hydrogen-bond donors (Lipinski definition) is 1. The fourth-order valence-electron chi connectivity index (χ4n) is 1.64. The molecule has 0 saturated carbocycles. The highest BCUT2D eigenvalue weighted by atomic mass is 32.1. The molecule has 0 atom stereocenters. The van der Waals surface area contributed by atoms with E-state index in [0.717, 1.165) is 36.0 Å². The smallest absolute Gasteiger partial charge is 0.168 e. The number of hydrogen-bond acceptors (Lipinski definition) is 4. The third kappa shape index (κ3) is 2.73. The summed E-state index contributed by atoms with van der Waals surface area (Å²) in [6.07, 6.45) is 4.91. The van der Waals surface area contributed by atoms with Crippen molar-refractivity contribution in [2.75, 3.05) is 6.54 Å². The van der Waals surface area contributed by atoms with Gasteiger partial charge in [0.25, 0.3) is 0 Å². The Morgan fingerprint density at radius 1 is 1.47 bits per heavy atom. The SMILES string of the molecule is CCCNCc1sc(-c2nccn2C)nc1C. The van der Waals surface area contributed by atoms with Gasteiger partial charge in [0.05, 0.1) is 5.69 Å². The minimum atomic E-state index is 0.905. The number of aryl methyl sites for hydroxylation is 2. The molecule has 0 aliphatic carbocycles. The fraction of sp³-hybridized carbons (Fsp3) is 0.500. The van der Waals surface area contributed by atoms with Crippen LogP contribution in [0.25, 0.3) is 10.8 Å². The van der Waals surface area contributed by atoms with E-state index in [9.17, 15) is 0 Å². The maximum absolute atomic E-state index is 4.59. The van der Waals surface area contributed by atoms with E-state index in [1.165, 1.54) is 4.88 Å². The van der Waals surface area contributed by atoms with Crippen LogP contribution in [-0.2, 0) is 13.6 Å². The molecule has 0 unspecified atom stereocenters. The van der Waals surface area contributed by atoms with Crippen LogP contribution >= 0.6 is 11.3 Å². The molecule has 0 aromatic carbocycles. The van der Waals surface area contributed by atoms with Crippen LogP contribution in [-0.4, -0.2) is 21.1 Å². The van der Waals surface area contributed by atoms with Crippen molar-refractivity contribution in [3.63, 3.8) is 0 Å². The number of rotatable bonds is 5. The average Bonchev–Trinajstić information content (AvgIpc) is 2.86. The summed E-state index contributed by atoms with van der Waals surface area (Å²) in [5, 5.41) is 4.41. The van der Waals surface area contributed by atoms with Gasteiger partial charge >= 0.3 is 0 Å². The van der Waals surface area contributed by atoms with Crippen LogP contribution in [0.5, 0.6) is 0 Å². The Morgan fingerprint density at radius 2 is 2.29 bits per heavy atom. The summed E-state index contributed by atoms with van der Waals surface area (Å²) in [5.74, 6) is 0.944. The molecule has 4 nitrogen and oxygen atoms in total. The zero-order valence-corrected chi connectivity index (χ0v) is 11.3. The summed E-state index contributed by atoms with van der Waals surface area (Å²) in [6.45, 7) is 6.19. The summed E-state index contributed by atoms with van der Waals surface area (Å²) in [6, 6.07) is 0. The Labute approximate surface area is 106 Å². The van der Waals surface area contributed by atoms with Gasteiger partial charge in [0.15, 0.2) is 10.8 Å². The Hall–Kier alpha value is -1.20. The van der Waals surface area contributed by atoms with E-state index in [-0.39, 0.29) is 0 Å². The molecule has 0 radical (unpaired) electrons. The van der Waals surface area contributed by atoms with Gasteiger partial charge in [0, 0.05) is 30.9 Å². The van der Waals surface area contributed by atoms with E-state index in [0.29, 0.717) is 0 Å². The summed E-state index contributed by atoms with van der Waals surface area (Å²) in [4.78, 5) is 10.2. The molecular formula is C12H18N4S. The molecule has 5 heteroatoms. The van der Waals surface area contributed by atoms with E-state index in [2.05, 4.69) is 29.1 Å². The fourth-order valence-corrected chi connectivity index (χ4v) is 2.71. The molecular weight excluding hydrogens is 232 g/mol. The molecule has 17 heavy (non-hydrogen) atoms. The van der Waals surface area contributed by atoms with E-state index in [1.54, 1.807) is 17.5 Å². The van der Waals surface area contributed by atoms with Crippen LogP contribution in [0.15, 0.2) is 12.4 Å². The zero-order chi connectivity index (χ0) is 12.3. The van der Waals surface area contributed by atoms with Crippen molar-refractivity contribution in [1.29, 1.82) is 0 Å². The number of aromatic nitrogens is 3. The summed E-state index contributed by atoms with van der Waals surface area (Å²) >= 11 is 1.72. The van der Waals surface area contributed by atoms with Crippen molar-refractivity contribution < 1.29 is 0 Å². The zero-order valence-electron chi connectivity index (χ0n) is 10.5. The first-order valence-electron chi connectivity index (χ1n) is 5.87. The first-order valence-corrected chi connectivity index (χ1v) is 6.68. The topological polar surface area (TPSA) is 42.7 Å². The molecule has 92 valence electrons. The van der Waals surface area contributed by atoms with Crippen molar-refractivity contribution in [3.05, 3.63) is 23.0 Å². The molecule has 1 N–H and O–H groups in total. The molecule has 0 saturated heterocycles. The van der Waals surface area contributed by atoms with Crippen LogP contribution in [0, 0.1) is 6.92 Å². The third-order valence-electron chi connectivity index (χ3n) is 2.62. The standard InChI is InChI=1S/C12H18N4S/c1-4-5-13-8-10-9(2)15-12(17-10)11-14-6-7-16(11)3/h6-7,13H,4-5,8H2,1-3H3. The highest BCUT2D eigenvalue weighted by molar-refractivity contribution is 7.15. The Kier molecular flexibility index (Phi) is 3.91. The van der Waals surface area contributed by atoms with Crippen molar-refractivity contribution in [2.45, 2.75) is 26.8 Å². The van der Waals surface area contributed by atoms with Crippen molar-refractivity contribution >= 4 is 11.3 Å². The molecule has 0 aliphatic heterocycles. The number of nitrogens with zero attached hydrogens (tertiary/aromatic N) is 3. The largest absolute Gasteiger partial charge is 0.332 e. The second-order valence-corrected chi connectivity index (χ2v) is 5.15. The lowest BCUT2D eigenvalue weighted by Gasteiger charge is -1.99. The summed E-state index contributed by atoms with van der Waals surface area (Å²) in [5.41, 5.74) is 1.11. The lowest BCUT2D eigenvalue weighted by molar-refractivity contribution is 0.678. The van der Waals surface area contributed by atoms with E-state index < -0.39 is 0 Å². The van der Waals surface area contributed by atoms with Crippen LogP contribution in [0.3, 0.4) is 0 Å². The van der Waals surface area contributed by atoms with Gasteiger partial charge in [0.2, 0.25) is 0 Å². The molecule has 2 aromatic heterocycles. The van der Waals surface area contributed by atoms with E-state index >= 15 is 0 Å². The quantitative estimate of drug-likeness (QED) is 0.828.